The highest BCUT2D eigenvalue weighted by Crippen LogP contribution is 2.18. The molecule has 0 saturated carbocycles. The maximum atomic E-state index is 12.7. The van der Waals surface area contributed by atoms with E-state index in [1.54, 1.807) is 0 Å². The van der Waals surface area contributed by atoms with E-state index in [0.717, 1.165) is 51.5 Å². The standard InChI is InChI=1S/C26H53N5O2/c1-2-3-4-5-13-16-21-30-25(33)23(19-17-22-31-26(28)29)18-14-11-9-7-6-8-10-12-15-20-24(27)32/h23H,2-22H2,1H3,(H2,27,32)(H,30,33)(H4,28,29,31). The highest BCUT2D eigenvalue weighted by atomic mass is 16.2. The van der Waals surface area contributed by atoms with E-state index >= 15 is 0 Å². The first-order chi connectivity index (χ1) is 16.0. The van der Waals surface area contributed by atoms with Gasteiger partial charge in [0.05, 0.1) is 0 Å². The third-order valence-corrected chi connectivity index (χ3v) is 6.22. The summed E-state index contributed by atoms with van der Waals surface area (Å²) in [5.74, 6) is 0.0536. The Kier molecular flexibility index (Phi) is 22.1. The lowest BCUT2D eigenvalue weighted by atomic mass is 9.94. The Hall–Kier alpha value is -1.79. The summed E-state index contributed by atoms with van der Waals surface area (Å²) in [5, 5.41) is 13.3. The van der Waals surface area contributed by atoms with Gasteiger partial charge in [-0.05, 0) is 32.1 Å². The monoisotopic (exact) mass is 467 g/mol. The molecule has 0 rings (SSSR count). The number of carbonyl (C=O) groups excluding carboxylic acids is 2. The molecule has 0 saturated heterocycles. The second-order valence-corrected chi connectivity index (χ2v) is 9.43. The summed E-state index contributed by atoms with van der Waals surface area (Å²) in [7, 11) is 0. The number of guanidine groups is 1. The van der Waals surface area contributed by atoms with Gasteiger partial charge in [0.2, 0.25) is 11.8 Å². The van der Waals surface area contributed by atoms with E-state index in [1.807, 2.05) is 0 Å². The summed E-state index contributed by atoms with van der Waals surface area (Å²) in [6.07, 6.45) is 20.9. The molecule has 1 atom stereocenters. The Bertz CT molecular complexity index is 499. The first-order valence-electron chi connectivity index (χ1n) is 13.6. The molecule has 0 heterocycles. The van der Waals surface area contributed by atoms with E-state index in [1.165, 1.54) is 70.6 Å². The lowest BCUT2D eigenvalue weighted by molar-refractivity contribution is -0.125. The first-order valence-corrected chi connectivity index (χ1v) is 13.6. The molecule has 0 fully saturated rings. The Morgan fingerprint density at radius 3 is 1.73 bits per heavy atom. The van der Waals surface area contributed by atoms with Crippen LogP contribution in [0.5, 0.6) is 0 Å². The van der Waals surface area contributed by atoms with Crippen molar-refractivity contribution >= 4 is 17.8 Å². The van der Waals surface area contributed by atoms with Crippen molar-refractivity contribution in [2.75, 3.05) is 13.1 Å². The van der Waals surface area contributed by atoms with E-state index in [9.17, 15) is 9.59 Å². The highest BCUT2D eigenvalue weighted by molar-refractivity contribution is 5.78. The number of hydrogen-bond acceptors (Lipinski definition) is 3. The van der Waals surface area contributed by atoms with Gasteiger partial charge in [0, 0.05) is 25.4 Å². The van der Waals surface area contributed by atoms with Crippen LogP contribution in [-0.2, 0) is 9.59 Å². The average Bonchev–Trinajstić information content (AvgIpc) is 2.77. The van der Waals surface area contributed by atoms with Crippen molar-refractivity contribution in [1.29, 1.82) is 5.41 Å². The molecule has 0 aliphatic carbocycles. The smallest absolute Gasteiger partial charge is 0.223 e. The van der Waals surface area contributed by atoms with E-state index in [0.29, 0.717) is 13.0 Å². The molecule has 0 bridgehead atoms. The largest absolute Gasteiger partial charge is 0.370 e. The van der Waals surface area contributed by atoms with E-state index < -0.39 is 0 Å². The molecule has 2 amide bonds. The molecule has 0 radical (unpaired) electrons. The molecule has 0 aliphatic rings. The fourth-order valence-corrected chi connectivity index (χ4v) is 4.17. The van der Waals surface area contributed by atoms with Crippen molar-refractivity contribution in [2.24, 2.45) is 17.4 Å². The summed E-state index contributed by atoms with van der Waals surface area (Å²) in [6, 6.07) is 0. The van der Waals surface area contributed by atoms with Crippen LogP contribution < -0.4 is 22.1 Å². The molecule has 7 N–H and O–H groups in total. The fraction of sp³-hybridized carbons (Fsp3) is 0.885. The van der Waals surface area contributed by atoms with Gasteiger partial charge in [-0.15, -0.1) is 0 Å². The van der Waals surface area contributed by atoms with Crippen LogP contribution in [0.3, 0.4) is 0 Å². The predicted octanol–water partition coefficient (Wildman–Crippen LogP) is 5.12. The van der Waals surface area contributed by atoms with Crippen molar-refractivity contribution in [3.05, 3.63) is 0 Å². The Balaban J connectivity index is 3.97. The number of amides is 2. The second kappa shape index (κ2) is 23.4. The molecule has 0 aromatic heterocycles. The molecule has 7 nitrogen and oxygen atoms in total. The number of hydrogen-bond donors (Lipinski definition) is 5. The summed E-state index contributed by atoms with van der Waals surface area (Å²) < 4.78 is 0. The first kappa shape index (κ1) is 31.2. The average molecular weight is 468 g/mol. The molecule has 0 aromatic rings. The van der Waals surface area contributed by atoms with Crippen molar-refractivity contribution in [1.82, 2.24) is 10.6 Å². The molecule has 194 valence electrons. The van der Waals surface area contributed by atoms with Crippen molar-refractivity contribution in [2.45, 2.75) is 129 Å². The van der Waals surface area contributed by atoms with Crippen molar-refractivity contribution in [3.63, 3.8) is 0 Å². The number of nitrogens with one attached hydrogen (secondary N) is 3. The number of rotatable bonds is 24. The third kappa shape index (κ3) is 23.2. The maximum absolute atomic E-state index is 12.7. The van der Waals surface area contributed by atoms with Crippen LogP contribution >= 0.6 is 0 Å². The van der Waals surface area contributed by atoms with Crippen LogP contribution in [0.2, 0.25) is 0 Å². The van der Waals surface area contributed by atoms with Crippen molar-refractivity contribution < 1.29 is 9.59 Å². The molecular formula is C26H53N5O2. The molecule has 0 aromatic carbocycles. The van der Waals surface area contributed by atoms with Crippen LogP contribution in [0.1, 0.15) is 129 Å². The normalized spacial score (nSPS) is 11.8. The Morgan fingerprint density at radius 1 is 0.667 bits per heavy atom. The molecule has 7 heteroatoms. The summed E-state index contributed by atoms with van der Waals surface area (Å²) in [4.78, 5) is 23.4. The predicted molar refractivity (Wildman–Crippen MR) is 139 cm³/mol. The SMILES string of the molecule is CCCCCCCCNC(=O)C(CCCCCCCCCCCC(N)=O)CCCNC(=N)N. The van der Waals surface area contributed by atoms with Gasteiger partial charge in [-0.1, -0.05) is 90.4 Å². The van der Waals surface area contributed by atoms with Gasteiger partial charge in [-0.25, -0.2) is 0 Å². The lowest BCUT2D eigenvalue weighted by Crippen LogP contribution is -2.33. The minimum atomic E-state index is -0.195. The third-order valence-electron chi connectivity index (χ3n) is 6.22. The second-order valence-electron chi connectivity index (χ2n) is 9.43. The molecule has 1 unspecified atom stereocenters. The number of carbonyl (C=O) groups is 2. The van der Waals surface area contributed by atoms with E-state index in [4.69, 9.17) is 16.9 Å². The zero-order valence-corrected chi connectivity index (χ0v) is 21.4. The minimum absolute atomic E-state index is 0.00746. The molecule has 0 spiro atoms. The fourth-order valence-electron chi connectivity index (χ4n) is 4.17. The van der Waals surface area contributed by atoms with Gasteiger partial charge in [0.15, 0.2) is 5.96 Å². The topological polar surface area (TPSA) is 134 Å². The van der Waals surface area contributed by atoms with Crippen LogP contribution in [0.15, 0.2) is 0 Å². The molecule has 0 aliphatic heterocycles. The van der Waals surface area contributed by atoms with Crippen LogP contribution in [0.25, 0.3) is 0 Å². The number of nitrogens with two attached hydrogens (primary N) is 2. The van der Waals surface area contributed by atoms with Gasteiger partial charge in [-0.2, -0.15) is 0 Å². The van der Waals surface area contributed by atoms with Gasteiger partial charge >= 0.3 is 0 Å². The summed E-state index contributed by atoms with van der Waals surface area (Å²) in [5.41, 5.74) is 10.5. The minimum Gasteiger partial charge on any atom is -0.370 e. The maximum Gasteiger partial charge on any atom is 0.223 e. The summed E-state index contributed by atoms with van der Waals surface area (Å²) >= 11 is 0. The Morgan fingerprint density at radius 2 is 1.15 bits per heavy atom. The number of unbranched alkanes of at least 4 members (excludes halogenated alkanes) is 13. The van der Waals surface area contributed by atoms with E-state index in [-0.39, 0.29) is 23.7 Å². The van der Waals surface area contributed by atoms with Crippen LogP contribution in [0, 0.1) is 11.3 Å². The van der Waals surface area contributed by atoms with Crippen LogP contribution in [0.4, 0.5) is 0 Å². The summed E-state index contributed by atoms with van der Waals surface area (Å²) in [6.45, 7) is 3.66. The van der Waals surface area contributed by atoms with Gasteiger partial charge in [0.1, 0.15) is 0 Å². The Labute approximate surface area is 203 Å². The molecular weight excluding hydrogens is 414 g/mol. The number of primary amides is 1. The quantitative estimate of drug-likeness (QED) is 0.0765. The zero-order chi connectivity index (χ0) is 24.6. The van der Waals surface area contributed by atoms with Gasteiger partial charge in [0.25, 0.3) is 0 Å². The molecule has 33 heavy (non-hydrogen) atoms. The van der Waals surface area contributed by atoms with Crippen LogP contribution in [-0.4, -0.2) is 30.9 Å². The highest BCUT2D eigenvalue weighted by Gasteiger charge is 2.17. The van der Waals surface area contributed by atoms with Crippen molar-refractivity contribution in [3.8, 4) is 0 Å². The lowest BCUT2D eigenvalue weighted by Gasteiger charge is -2.17. The zero-order valence-electron chi connectivity index (χ0n) is 21.4. The van der Waals surface area contributed by atoms with Gasteiger partial charge < -0.3 is 22.1 Å². The van der Waals surface area contributed by atoms with E-state index in [2.05, 4.69) is 17.6 Å². The van der Waals surface area contributed by atoms with Gasteiger partial charge in [-0.3, -0.25) is 15.0 Å².